The predicted molar refractivity (Wildman–Crippen MR) is 107 cm³/mol. The lowest BCUT2D eigenvalue weighted by Crippen LogP contribution is -2.47. The summed E-state index contributed by atoms with van der Waals surface area (Å²) in [5.41, 5.74) is 1.05. The van der Waals surface area contributed by atoms with Gasteiger partial charge < -0.3 is 15.1 Å². The molecule has 2 aromatic rings. The van der Waals surface area contributed by atoms with Crippen molar-refractivity contribution in [1.29, 1.82) is 5.26 Å². The quantitative estimate of drug-likeness (QED) is 0.835. The zero-order chi connectivity index (χ0) is 20.0. The molecule has 1 aromatic carbocycles. The standard InChI is InChI=1S/C23H25N3O3/c24-13-23(10-11-23)26-22(28)15-6-2-1-5-14(15)21(27)20-19-16-7-3-4-8-17(16)29-18(19)9-12-25-20/h3-4,7-8,14-15,20,25H,1-2,5-6,9-12H2,(H,26,28)/t14-,15-,20?/m1/s1. The molecule has 29 heavy (non-hydrogen) atoms. The van der Waals surface area contributed by atoms with Crippen molar-refractivity contribution in [2.24, 2.45) is 11.8 Å². The van der Waals surface area contributed by atoms with Gasteiger partial charge in [0.05, 0.1) is 12.1 Å². The van der Waals surface area contributed by atoms with Crippen molar-refractivity contribution in [3.8, 4) is 6.07 Å². The Balaban J connectivity index is 1.44. The fraction of sp³-hybridized carbons (Fsp3) is 0.522. The Kier molecular flexibility index (Phi) is 4.44. The van der Waals surface area contributed by atoms with Crippen molar-refractivity contribution >= 4 is 22.7 Å². The summed E-state index contributed by atoms with van der Waals surface area (Å²) in [5, 5.41) is 16.6. The van der Waals surface area contributed by atoms with Crippen molar-refractivity contribution in [3.05, 3.63) is 35.6 Å². The number of nitrogens with zero attached hydrogens (tertiary/aromatic N) is 1. The molecule has 1 amide bonds. The fourth-order valence-electron chi connectivity index (χ4n) is 5.01. The van der Waals surface area contributed by atoms with Crippen molar-refractivity contribution in [2.75, 3.05) is 6.54 Å². The second-order valence-corrected chi connectivity index (χ2v) is 8.66. The van der Waals surface area contributed by atoms with Gasteiger partial charge in [0, 0.05) is 35.8 Å². The predicted octanol–water partition coefficient (Wildman–Crippen LogP) is 3.17. The third kappa shape index (κ3) is 3.14. The number of ketones is 1. The molecule has 1 unspecified atom stereocenters. The number of Topliss-reactive ketones (excluding diaryl/α,β-unsaturated/α-hetero) is 1. The Hall–Kier alpha value is -2.65. The third-order valence-electron chi connectivity index (χ3n) is 6.78. The number of carbonyl (C=O) groups excluding carboxylic acids is 2. The van der Waals surface area contributed by atoms with Crippen LogP contribution in [-0.4, -0.2) is 23.8 Å². The number of nitrogens with one attached hydrogen (secondary N) is 2. The van der Waals surface area contributed by atoms with E-state index in [1.54, 1.807) is 0 Å². The maximum atomic E-state index is 13.7. The van der Waals surface area contributed by atoms with Gasteiger partial charge >= 0.3 is 0 Å². The number of amides is 1. The summed E-state index contributed by atoms with van der Waals surface area (Å²) in [6.07, 6.45) is 5.49. The molecule has 2 heterocycles. The summed E-state index contributed by atoms with van der Waals surface area (Å²) in [5.74, 6) is 0.152. The lowest BCUT2D eigenvalue weighted by molar-refractivity contribution is -0.137. The highest BCUT2D eigenvalue weighted by Crippen LogP contribution is 2.41. The minimum absolute atomic E-state index is 0.0826. The number of hydrogen-bond acceptors (Lipinski definition) is 5. The number of fused-ring (bicyclic) bond motifs is 3. The molecular formula is C23H25N3O3. The first kappa shape index (κ1) is 18.4. The molecule has 6 nitrogen and oxygen atoms in total. The van der Waals surface area contributed by atoms with Crippen LogP contribution in [0.25, 0.3) is 11.0 Å². The topological polar surface area (TPSA) is 95.1 Å². The van der Waals surface area contributed by atoms with Crippen molar-refractivity contribution < 1.29 is 14.0 Å². The number of para-hydroxylation sites is 1. The van der Waals surface area contributed by atoms with Gasteiger partial charge in [-0.05, 0) is 31.7 Å². The number of hydrogen-bond donors (Lipinski definition) is 2. The van der Waals surface area contributed by atoms with Crippen LogP contribution in [0.2, 0.25) is 0 Å². The number of carbonyl (C=O) groups is 2. The van der Waals surface area contributed by atoms with E-state index in [1.807, 2.05) is 24.3 Å². The Morgan fingerprint density at radius 2 is 1.93 bits per heavy atom. The van der Waals surface area contributed by atoms with Crippen LogP contribution in [0.3, 0.4) is 0 Å². The summed E-state index contributed by atoms with van der Waals surface area (Å²) >= 11 is 0. The molecule has 0 spiro atoms. The van der Waals surface area contributed by atoms with Crippen LogP contribution in [0.15, 0.2) is 28.7 Å². The van der Waals surface area contributed by atoms with Crippen molar-refractivity contribution in [1.82, 2.24) is 10.6 Å². The molecule has 5 rings (SSSR count). The lowest BCUT2D eigenvalue weighted by atomic mass is 9.73. The molecule has 0 saturated heterocycles. The highest BCUT2D eigenvalue weighted by molar-refractivity contribution is 5.97. The van der Waals surface area contributed by atoms with Gasteiger partial charge in [0.2, 0.25) is 5.91 Å². The summed E-state index contributed by atoms with van der Waals surface area (Å²) in [4.78, 5) is 26.6. The van der Waals surface area contributed by atoms with Gasteiger partial charge in [0.1, 0.15) is 16.9 Å². The van der Waals surface area contributed by atoms with Crippen LogP contribution in [0.4, 0.5) is 0 Å². The van der Waals surface area contributed by atoms with Crippen LogP contribution >= 0.6 is 0 Å². The molecule has 3 aliphatic rings. The van der Waals surface area contributed by atoms with E-state index in [1.165, 1.54) is 0 Å². The second-order valence-electron chi connectivity index (χ2n) is 8.66. The van der Waals surface area contributed by atoms with E-state index in [0.29, 0.717) is 25.8 Å². The molecule has 2 aliphatic carbocycles. The van der Waals surface area contributed by atoms with Gasteiger partial charge in [0.15, 0.2) is 5.78 Å². The minimum Gasteiger partial charge on any atom is -0.461 e. The number of rotatable bonds is 4. The Bertz CT molecular complexity index is 1010. The van der Waals surface area contributed by atoms with Crippen molar-refractivity contribution in [2.45, 2.75) is 56.5 Å². The molecule has 0 radical (unpaired) electrons. The van der Waals surface area contributed by atoms with Gasteiger partial charge in [-0.15, -0.1) is 0 Å². The van der Waals surface area contributed by atoms with Gasteiger partial charge in [0.25, 0.3) is 0 Å². The molecule has 0 bridgehead atoms. The molecule has 3 atom stereocenters. The Morgan fingerprint density at radius 3 is 2.69 bits per heavy atom. The van der Waals surface area contributed by atoms with E-state index in [-0.39, 0.29) is 23.5 Å². The normalized spacial score (nSPS) is 27.6. The van der Waals surface area contributed by atoms with E-state index in [2.05, 4.69) is 16.7 Å². The van der Waals surface area contributed by atoms with Gasteiger partial charge in [-0.25, -0.2) is 0 Å². The van der Waals surface area contributed by atoms with Gasteiger partial charge in [-0.2, -0.15) is 5.26 Å². The van der Waals surface area contributed by atoms with Gasteiger partial charge in [-0.1, -0.05) is 31.0 Å². The maximum absolute atomic E-state index is 13.7. The monoisotopic (exact) mass is 391 g/mol. The molecule has 2 saturated carbocycles. The van der Waals surface area contributed by atoms with E-state index in [0.717, 1.165) is 48.0 Å². The van der Waals surface area contributed by atoms with Crippen LogP contribution < -0.4 is 10.6 Å². The molecular weight excluding hydrogens is 366 g/mol. The molecule has 150 valence electrons. The third-order valence-corrected chi connectivity index (χ3v) is 6.78. The highest BCUT2D eigenvalue weighted by Gasteiger charge is 2.48. The summed E-state index contributed by atoms with van der Waals surface area (Å²) < 4.78 is 6.01. The summed E-state index contributed by atoms with van der Waals surface area (Å²) in [6, 6.07) is 9.61. The first-order chi connectivity index (χ1) is 14.1. The van der Waals surface area contributed by atoms with E-state index in [4.69, 9.17) is 4.42 Å². The van der Waals surface area contributed by atoms with Crippen molar-refractivity contribution in [3.63, 3.8) is 0 Å². The van der Waals surface area contributed by atoms with E-state index in [9.17, 15) is 14.9 Å². The zero-order valence-electron chi connectivity index (χ0n) is 16.4. The Labute approximate surface area is 169 Å². The SMILES string of the molecule is N#CC1(NC(=O)[C@@H]2CCCC[C@H]2C(=O)C2NCCc3oc4ccccc4c32)CC1. The average molecular weight is 391 g/mol. The van der Waals surface area contributed by atoms with Gasteiger partial charge in [-0.3, -0.25) is 9.59 Å². The van der Waals surface area contributed by atoms with E-state index >= 15 is 0 Å². The van der Waals surface area contributed by atoms with Crippen LogP contribution in [-0.2, 0) is 16.0 Å². The second kappa shape index (κ2) is 7.00. The number of furan rings is 1. The number of benzene rings is 1. The minimum atomic E-state index is -0.695. The summed E-state index contributed by atoms with van der Waals surface area (Å²) in [6.45, 7) is 0.685. The molecule has 1 aliphatic heterocycles. The first-order valence-electron chi connectivity index (χ1n) is 10.6. The summed E-state index contributed by atoms with van der Waals surface area (Å²) in [7, 11) is 0. The number of nitriles is 1. The molecule has 2 N–H and O–H groups in total. The average Bonchev–Trinajstić information content (AvgIpc) is 3.43. The largest absolute Gasteiger partial charge is 0.461 e. The Morgan fingerprint density at radius 1 is 1.17 bits per heavy atom. The fourth-order valence-corrected chi connectivity index (χ4v) is 5.01. The smallest absolute Gasteiger partial charge is 0.225 e. The molecule has 6 heteroatoms. The zero-order valence-corrected chi connectivity index (χ0v) is 16.4. The lowest BCUT2D eigenvalue weighted by Gasteiger charge is -2.34. The maximum Gasteiger partial charge on any atom is 0.225 e. The van der Waals surface area contributed by atoms with Crippen LogP contribution in [0.1, 0.15) is 55.9 Å². The van der Waals surface area contributed by atoms with Crippen LogP contribution in [0.5, 0.6) is 0 Å². The van der Waals surface area contributed by atoms with Crippen LogP contribution in [0, 0.1) is 23.2 Å². The highest BCUT2D eigenvalue weighted by atomic mass is 16.3. The first-order valence-corrected chi connectivity index (χ1v) is 10.6. The molecule has 1 aromatic heterocycles. The molecule has 2 fully saturated rings. The van der Waals surface area contributed by atoms with E-state index < -0.39 is 11.6 Å².